The molecule has 0 spiro atoms. The highest BCUT2D eigenvalue weighted by Crippen LogP contribution is 2.33. The van der Waals surface area contributed by atoms with Crippen LogP contribution in [0, 0.1) is 10.9 Å². The number of nitrogens with zero attached hydrogens (tertiary/aromatic N) is 2. The van der Waals surface area contributed by atoms with Crippen molar-refractivity contribution in [3.05, 3.63) is 103 Å². The van der Waals surface area contributed by atoms with Gasteiger partial charge in [-0.1, -0.05) is 65.7 Å². The molecule has 148 valence electrons. The molecule has 0 N–H and O–H groups in total. The number of aromatic nitrogens is 2. The molecule has 5 aromatic rings. The van der Waals surface area contributed by atoms with E-state index in [0.29, 0.717) is 17.0 Å². The minimum atomic E-state index is -0.0349. The number of thiazole rings is 1. The van der Waals surface area contributed by atoms with Crippen molar-refractivity contribution in [2.45, 2.75) is 13.5 Å². The van der Waals surface area contributed by atoms with Gasteiger partial charge in [0.15, 0.2) is 3.95 Å². The molecule has 3 aromatic carbocycles. The van der Waals surface area contributed by atoms with Crippen LogP contribution in [0.4, 0.5) is 0 Å². The molecule has 0 bridgehead atoms. The second-order valence-corrected chi connectivity index (χ2v) is 9.34. The Hall–Kier alpha value is -2.73. The molecule has 30 heavy (non-hydrogen) atoms. The van der Waals surface area contributed by atoms with Crippen LogP contribution in [0.15, 0.2) is 77.6 Å². The van der Waals surface area contributed by atoms with Crippen LogP contribution >= 0.6 is 35.2 Å². The zero-order valence-corrected chi connectivity index (χ0v) is 18.5. The Morgan fingerprint density at radius 3 is 2.60 bits per heavy atom. The number of benzene rings is 3. The van der Waals surface area contributed by atoms with E-state index in [1.807, 2.05) is 63.6 Å². The van der Waals surface area contributed by atoms with Gasteiger partial charge in [0, 0.05) is 5.02 Å². The van der Waals surface area contributed by atoms with Gasteiger partial charge in [-0.2, -0.15) is 0 Å². The van der Waals surface area contributed by atoms with Crippen molar-refractivity contribution in [2.24, 2.45) is 0 Å². The van der Waals surface area contributed by atoms with E-state index in [1.165, 1.54) is 11.3 Å². The maximum atomic E-state index is 13.6. The second-order valence-electron chi connectivity index (χ2n) is 7.26. The number of fused-ring (bicyclic) bond motifs is 3. The highest BCUT2D eigenvalue weighted by Gasteiger charge is 2.18. The van der Waals surface area contributed by atoms with Gasteiger partial charge in [-0.05, 0) is 54.5 Å². The van der Waals surface area contributed by atoms with Crippen molar-refractivity contribution in [1.29, 1.82) is 0 Å². The summed E-state index contributed by atoms with van der Waals surface area (Å²) in [6.07, 6.45) is 0. The van der Waals surface area contributed by atoms with Crippen LogP contribution in [0.3, 0.4) is 0 Å². The summed E-state index contributed by atoms with van der Waals surface area (Å²) in [7, 11) is 0. The maximum Gasteiger partial charge on any atom is 0.261 e. The topological polar surface area (TPSA) is 26.4 Å². The summed E-state index contributed by atoms with van der Waals surface area (Å²) < 4.78 is 4.56. The maximum absolute atomic E-state index is 13.6. The fourth-order valence-electron chi connectivity index (χ4n) is 3.85. The van der Waals surface area contributed by atoms with Crippen LogP contribution in [0.5, 0.6) is 0 Å². The van der Waals surface area contributed by atoms with Gasteiger partial charge < -0.3 is 0 Å². The predicted molar refractivity (Wildman–Crippen MR) is 129 cm³/mol. The first kappa shape index (κ1) is 19.2. The van der Waals surface area contributed by atoms with Gasteiger partial charge in [0.2, 0.25) is 0 Å². The smallest absolute Gasteiger partial charge is 0.261 e. The zero-order valence-electron chi connectivity index (χ0n) is 16.1. The van der Waals surface area contributed by atoms with Crippen molar-refractivity contribution in [1.82, 2.24) is 8.97 Å². The molecule has 6 heteroatoms. The Kier molecular flexibility index (Phi) is 4.82. The molecule has 0 radical (unpaired) electrons. The van der Waals surface area contributed by atoms with E-state index in [-0.39, 0.29) is 5.56 Å². The summed E-state index contributed by atoms with van der Waals surface area (Å²) in [4.78, 5) is 14.6. The zero-order chi connectivity index (χ0) is 20.8. The lowest BCUT2D eigenvalue weighted by atomic mass is 10.1. The first-order valence-electron chi connectivity index (χ1n) is 9.51. The lowest BCUT2D eigenvalue weighted by molar-refractivity contribution is 0.781. The van der Waals surface area contributed by atoms with Crippen LogP contribution in [-0.4, -0.2) is 8.97 Å². The lowest BCUT2D eigenvalue weighted by Crippen LogP contribution is -2.23. The summed E-state index contributed by atoms with van der Waals surface area (Å²) in [6, 6.07) is 23.5. The standard InChI is InChI=1S/C24H17ClN2OS2/c1-15-6-4-8-17(12-15)21-22-26(14-16-7-5-9-18(25)13-16)23(28)19-10-2-3-11-20(19)27(22)24(29)30-21/h2-13H,14H2,1H3. The third-order valence-electron chi connectivity index (χ3n) is 5.17. The summed E-state index contributed by atoms with van der Waals surface area (Å²) in [5.74, 6) is 0. The van der Waals surface area contributed by atoms with Crippen LogP contribution in [-0.2, 0) is 6.54 Å². The van der Waals surface area contributed by atoms with Crippen molar-refractivity contribution < 1.29 is 0 Å². The van der Waals surface area contributed by atoms with E-state index in [1.54, 1.807) is 0 Å². The van der Waals surface area contributed by atoms with Crippen molar-refractivity contribution in [2.75, 3.05) is 0 Å². The molecular weight excluding hydrogens is 432 g/mol. The quantitative estimate of drug-likeness (QED) is 0.286. The number of para-hydroxylation sites is 1. The number of aryl methyl sites for hydroxylation is 1. The molecule has 0 atom stereocenters. The van der Waals surface area contributed by atoms with Gasteiger partial charge in [-0.15, -0.1) is 11.3 Å². The Morgan fingerprint density at radius 2 is 1.80 bits per heavy atom. The minimum Gasteiger partial charge on any atom is -0.288 e. The van der Waals surface area contributed by atoms with Crippen LogP contribution < -0.4 is 5.56 Å². The molecular formula is C24H17ClN2OS2. The molecule has 0 fully saturated rings. The summed E-state index contributed by atoms with van der Waals surface area (Å²) in [5.41, 5.74) is 4.80. The van der Waals surface area contributed by atoms with Gasteiger partial charge in [0.1, 0.15) is 5.65 Å². The average molecular weight is 449 g/mol. The van der Waals surface area contributed by atoms with Crippen LogP contribution in [0.1, 0.15) is 11.1 Å². The highest BCUT2D eigenvalue weighted by molar-refractivity contribution is 7.73. The fraction of sp³-hybridized carbons (Fsp3) is 0.0833. The van der Waals surface area contributed by atoms with Gasteiger partial charge in [0.25, 0.3) is 5.56 Å². The molecule has 2 heterocycles. The minimum absolute atomic E-state index is 0.0349. The molecule has 3 nitrogen and oxygen atoms in total. The van der Waals surface area contributed by atoms with Gasteiger partial charge in [-0.3, -0.25) is 13.8 Å². The number of halogens is 1. The predicted octanol–water partition coefficient (Wildman–Crippen LogP) is 6.72. The van der Waals surface area contributed by atoms with Gasteiger partial charge >= 0.3 is 0 Å². The molecule has 0 saturated heterocycles. The van der Waals surface area contributed by atoms with Gasteiger partial charge in [-0.25, -0.2) is 0 Å². The average Bonchev–Trinajstić information content (AvgIpc) is 3.08. The van der Waals surface area contributed by atoms with E-state index in [4.69, 9.17) is 23.8 Å². The normalized spacial score (nSPS) is 11.4. The molecule has 0 aliphatic carbocycles. The second kappa shape index (κ2) is 7.51. The first-order valence-corrected chi connectivity index (χ1v) is 11.1. The Bertz CT molecular complexity index is 1540. The molecule has 0 amide bonds. The van der Waals surface area contributed by atoms with E-state index < -0.39 is 0 Å². The molecule has 5 rings (SSSR count). The number of rotatable bonds is 3. The van der Waals surface area contributed by atoms with Crippen LogP contribution in [0.25, 0.3) is 27.0 Å². The molecule has 0 aliphatic heterocycles. The number of hydrogen-bond donors (Lipinski definition) is 0. The van der Waals surface area contributed by atoms with Crippen molar-refractivity contribution >= 4 is 51.7 Å². The highest BCUT2D eigenvalue weighted by atomic mass is 35.5. The molecule has 0 unspecified atom stereocenters. The lowest BCUT2D eigenvalue weighted by Gasteiger charge is -2.14. The van der Waals surface area contributed by atoms with Crippen molar-refractivity contribution in [3.63, 3.8) is 0 Å². The fourth-order valence-corrected chi connectivity index (χ4v) is 5.49. The summed E-state index contributed by atoms with van der Waals surface area (Å²) >= 11 is 13.5. The Morgan fingerprint density at radius 1 is 1.00 bits per heavy atom. The van der Waals surface area contributed by atoms with Crippen molar-refractivity contribution in [3.8, 4) is 10.4 Å². The Labute approximate surface area is 187 Å². The SMILES string of the molecule is Cc1cccc(-c2sc(=S)n3c4ccccc4c(=O)n(Cc4cccc(Cl)c4)c23)c1. The summed E-state index contributed by atoms with van der Waals surface area (Å²) in [5, 5.41) is 1.30. The third-order valence-corrected chi connectivity index (χ3v) is 6.82. The monoisotopic (exact) mass is 448 g/mol. The van der Waals surface area contributed by atoms with E-state index in [9.17, 15) is 4.79 Å². The first-order chi connectivity index (χ1) is 14.5. The van der Waals surface area contributed by atoms with E-state index >= 15 is 0 Å². The third kappa shape index (κ3) is 3.19. The largest absolute Gasteiger partial charge is 0.288 e. The van der Waals surface area contributed by atoms with Crippen LogP contribution in [0.2, 0.25) is 5.02 Å². The van der Waals surface area contributed by atoms with E-state index in [0.717, 1.165) is 36.7 Å². The Balaban J connectivity index is 1.92. The summed E-state index contributed by atoms with van der Waals surface area (Å²) in [6.45, 7) is 2.48. The molecule has 0 saturated carbocycles. The van der Waals surface area contributed by atoms with E-state index in [2.05, 4.69) is 25.1 Å². The molecule has 0 aliphatic rings. The molecule has 2 aromatic heterocycles. The van der Waals surface area contributed by atoms with Gasteiger partial charge in [0.05, 0.1) is 22.3 Å². The number of hydrogen-bond acceptors (Lipinski definition) is 3.